The number of hydrogen-bond acceptors (Lipinski definition) is 4. The highest BCUT2D eigenvalue weighted by Crippen LogP contribution is 2.27. The summed E-state index contributed by atoms with van der Waals surface area (Å²) in [7, 11) is 0. The third kappa shape index (κ3) is 6.38. The predicted octanol–water partition coefficient (Wildman–Crippen LogP) is 2.85. The highest BCUT2D eigenvalue weighted by molar-refractivity contribution is 6.30. The van der Waals surface area contributed by atoms with Gasteiger partial charge in [-0.2, -0.15) is 0 Å². The number of nitrogens with one attached hydrogen (secondary N) is 3. The van der Waals surface area contributed by atoms with E-state index in [1.807, 2.05) is 39.8 Å². The number of carbonyl (C=O) groups excluding carboxylic acids is 2. The second-order valence-corrected chi connectivity index (χ2v) is 11.0. The molecule has 0 aromatic carbocycles. The Bertz CT molecular complexity index is 1760. The molecule has 226 valence electrons. The van der Waals surface area contributed by atoms with Crippen LogP contribution in [0.1, 0.15) is 73.7 Å². The Morgan fingerprint density at radius 2 is 1.56 bits per heavy atom. The maximum absolute atomic E-state index is 12.3. The van der Waals surface area contributed by atoms with Crippen molar-refractivity contribution in [2.24, 2.45) is 4.99 Å². The third-order valence-corrected chi connectivity index (χ3v) is 8.47. The van der Waals surface area contributed by atoms with Gasteiger partial charge in [-0.05, 0) is 92.5 Å². The first-order valence-electron chi connectivity index (χ1n) is 14.4. The SMILES string of the molecule is C=CC1=C(C)C(=O)N[C@H]1Cc1[nH]c(/C=c2\[nH]c(=CC3=NC(=O)C(CC)=C3C)c(C)c2CCC(=O)O)c(CCC(=O)O)c1C. The van der Waals surface area contributed by atoms with Gasteiger partial charge >= 0.3 is 11.9 Å². The van der Waals surface area contributed by atoms with Crippen LogP contribution in [0.2, 0.25) is 0 Å². The summed E-state index contributed by atoms with van der Waals surface area (Å²) in [4.78, 5) is 58.8. The first-order chi connectivity index (χ1) is 20.4. The van der Waals surface area contributed by atoms with Crippen molar-refractivity contribution in [2.75, 3.05) is 0 Å². The second kappa shape index (κ2) is 12.6. The molecule has 0 radical (unpaired) electrons. The summed E-state index contributed by atoms with van der Waals surface area (Å²) in [6, 6.07) is -0.262. The largest absolute Gasteiger partial charge is 0.481 e. The molecule has 0 aliphatic carbocycles. The molecule has 0 unspecified atom stereocenters. The van der Waals surface area contributed by atoms with Gasteiger partial charge < -0.3 is 25.5 Å². The number of hydrogen-bond donors (Lipinski definition) is 5. The van der Waals surface area contributed by atoms with Crippen molar-refractivity contribution in [3.05, 3.63) is 79.3 Å². The van der Waals surface area contributed by atoms with Gasteiger partial charge in [0.2, 0.25) is 5.91 Å². The number of allylic oxidation sites excluding steroid dienone is 1. The van der Waals surface area contributed by atoms with Crippen molar-refractivity contribution in [1.29, 1.82) is 0 Å². The normalized spacial score (nSPS) is 17.8. The number of nitrogens with zero attached hydrogens (tertiary/aromatic N) is 1. The van der Waals surface area contributed by atoms with Gasteiger partial charge in [0.1, 0.15) is 0 Å². The minimum atomic E-state index is -0.922. The Hall–Kier alpha value is -4.73. The van der Waals surface area contributed by atoms with Crippen LogP contribution in [-0.2, 0) is 38.4 Å². The number of aromatic nitrogens is 2. The van der Waals surface area contributed by atoms with Crippen molar-refractivity contribution in [1.82, 2.24) is 15.3 Å². The molecule has 0 spiro atoms. The van der Waals surface area contributed by atoms with Gasteiger partial charge in [0.25, 0.3) is 5.91 Å². The van der Waals surface area contributed by atoms with Crippen molar-refractivity contribution < 1.29 is 29.4 Å². The zero-order chi connectivity index (χ0) is 31.6. The fraction of sp³-hybridized carbons (Fsp3) is 0.364. The average molecular weight is 587 g/mol. The van der Waals surface area contributed by atoms with Gasteiger partial charge in [-0.25, -0.2) is 4.99 Å². The van der Waals surface area contributed by atoms with Crippen LogP contribution < -0.4 is 16.0 Å². The first-order valence-corrected chi connectivity index (χ1v) is 14.4. The van der Waals surface area contributed by atoms with E-state index in [-0.39, 0.29) is 43.5 Å². The average Bonchev–Trinajstić information content (AvgIpc) is 3.59. The molecule has 0 saturated carbocycles. The molecule has 4 rings (SSSR count). The quantitative estimate of drug-likeness (QED) is 0.257. The predicted molar refractivity (Wildman–Crippen MR) is 164 cm³/mol. The topological polar surface area (TPSA) is 165 Å². The Labute approximate surface area is 249 Å². The number of amides is 2. The van der Waals surface area contributed by atoms with Gasteiger partial charge in [-0.3, -0.25) is 19.2 Å². The molecule has 2 aliphatic heterocycles. The van der Waals surface area contributed by atoms with Crippen molar-refractivity contribution in [2.45, 2.75) is 79.2 Å². The zero-order valence-electron chi connectivity index (χ0n) is 25.2. The summed E-state index contributed by atoms with van der Waals surface area (Å²) in [5, 5.41) is 23.3. The van der Waals surface area contributed by atoms with E-state index in [9.17, 15) is 29.4 Å². The molecule has 1 atom stereocenters. The minimum Gasteiger partial charge on any atom is -0.481 e. The van der Waals surface area contributed by atoms with E-state index in [0.29, 0.717) is 40.7 Å². The Kier molecular flexibility index (Phi) is 9.18. The molecule has 43 heavy (non-hydrogen) atoms. The minimum absolute atomic E-state index is 0.0655. The highest BCUT2D eigenvalue weighted by Gasteiger charge is 2.29. The molecular weight excluding hydrogens is 548 g/mol. The lowest BCUT2D eigenvalue weighted by molar-refractivity contribution is -0.138. The molecule has 2 amide bonds. The molecule has 5 N–H and O–H groups in total. The number of H-pyrrole nitrogens is 2. The van der Waals surface area contributed by atoms with Gasteiger partial charge in [0, 0.05) is 52.5 Å². The fourth-order valence-corrected chi connectivity index (χ4v) is 5.91. The van der Waals surface area contributed by atoms with E-state index in [1.54, 1.807) is 13.0 Å². The number of aliphatic imine (C=N–C) groups is 1. The number of rotatable bonds is 12. The van der Waals surface area contributed by atoms with Gasteiger partial charge in [-0.15, -0.1) is 0 Å². The Morgan fingerprint density at radius 1 is 0.907 bits per heavy atom. The van der Waals surface area contributed by atoms with Crippen LogP contribution in [0.5, 0.6) is 0 Å². The third-order valence-electron chi connectivity index (χ3n) is 8.47. The number of aliphatic carboxylic acids is 2. The van der Waals surface area contributed by atoms with Crippen LogP contribution >= 0.6 is 0 Å². The van der Waals surface area contributed by atoms with E-state index in [0.717, 1.165) is 44.4 Å². The zero-order valence-corrected chi connectivity index (χ0v) is 25.2. The second-order valence-electron chi connectivity index (χ2n) is 11.0. The van der Waals surface area contributed by atoms with Crippen molar-refractivity contribution in [3.63, 3.8) is 0 Å². The smallest absolute Gasteiger partial charge is 0.303 e. The van der Waals surface area contributed by atoms with Gasteiger partial charge in [0.05, 0.1) is 11.8 Å². The van der Waals surface area contributed by atoms with E-state index in [4.69, 9.17) is 0 Å². The van der Waals surface area contributed by atoms with Crippen molar-refractivity contribution >= 4 is 41.6 Å². The lowest BCUT2D eigenvalue weighted by Crippen LogP contribution is -2.30. The number of aromatic amines is 2. The monoisotopic (exact) mass is 586 g/mol. The van der Waals surface area contributed by atoms with Crippen LogP contribution in [0, 0.1) is 13.8 Å². The first kappa shape index (κ1) is 31.2. The van der Waals surface area contributed by atoms with Gasteiger partial charge in [0.15, 0.2) is 0 Å². The summed E-state index contributed by atoms with van der Waals surface area (Å²) >= 11 is 0. The fourth-order valence-electron chi connectivity index (χ4n) is 5.91. The van der Waals surface area contributed by atoms with Crippen LogP contribution in [0.15, 0.2) is 39.9 Å². The van der Waals surface area contributed by atoms with E-state index in [1.165, 1.54) is 0 Å². The summed E-state index contributed by atoms with van der Waals surface area (Å²) in [6.07, 6.45) is 6.87. The van der Waals surface area contributed by atoms with E-state index >= 15 is 0 Å². The lowest BCUT2D eigenvalue weighted by atomic mass is 9.98. The molecule has 0 fully saturated rings. The molecule has 0 bridgehead atoms. The summed E-state index contributed by atoms with van der Waals surface area (Å²) in [6.45, 7) is 13.2. The standard InChI is InChI=1S/C33H38N4O6/c1-7-20-19(6)32(42)37-27(20)14-25-18(5)23(10-12-31(40)41)29(35-25)15-28-22(9-11-30(38)39)17(4)24(34-28)13-26-16(3)21(8-2)33(43)36-26/h7,13,15,27,34-35H,1,8-12,14H2,2-6H3,(H,37,42)(H,38,39)(H,40,41)/b24-13?,28-15-/t27-/m0/s1. The number of carbonyl (C=O) groups is 4. The molecular formula is C33H38N4O6. The van der Waals surface area contributed by atoms with Crippen molar-refractivity contribution in [3.8, 4) is 0 Å². The summed E-state index contributed by atoms with van der Waals surface area (Å²) in [5.74, 6) is -2.22. The summed E-state index contributed by atoms with van der Waals surface area (Å²) in [5.41, 5.74) is 8.49. The van der Waals surface area contributed by atoms with Crippen LogP contribution in [0.3, 0.4) is 0 Å². The molecule has 0 saturated heterocycles. The van der Waals surface area contributed by atoms with Crippen LogP contribution in [-0.4, -0.2) is 55.7 Å². The Morgan fingerprint density at radius 3 is 2.14 bits per heavy atom. The highest BCUT2D eigenvalue weighted by atomic mass is 16.4. The lowest BCUT2D eigenvalue weighted by Gasteiger charge is -2.13. The maximum atomic E-state index is 12.3. The number of carboxylic acid groups (broad SMARTS) is 2. The van der Waals surface area contributed by atoms with E-state index in [2.05, 4.69) is 26.9 Å². The molecule has 10 heteroatoms. The molecule has 10 nitrogen and oxygen atoms in total. The Balaban J connectivity index is 1.86. The molecule has 4 heterocycles. The molecule has 2 aliphatic rings. The van der Waals surface area contributed by atoms with E-state index < -0.39 is 11.9 Å². The summed E-state index contributed by atoms with van der Waals surface area (Å²) < 4.78 is 0. The van der Waals surface area contributed by atoms with Crippen LogP contribution in [0.4, 0.5) is 0 Å². The van der Waals surface area contributed by atoms with Crippen LogP contribution in [0.25, 0.3) is 12.2 Å². The molecule has 2 aromatic heterocycles. The van der Waals surface area contributed by atoms with Gasteiger partial charge in [-0.1, -0.05) is 19.6 Å². The number of carboxylic acids is 2. The molecule has 2 aromatic rings. The maximum Gasteiger partial charge on any atom is 0.303 e.